The van der Waals surface area contributed by atoms with Crippen molar-refractivity contribution in [2.75, 3.05) is 0 Å². The molecule has 2 atom stereocenters. The number of carbonyl (C=O) groups excluding carboxylic acids is 2. The molecule has 0 radical (unpaired) electrons. The summed E-state index contributed by atoms with van der Waals surface area (Å²) in [7, 11) is 0. The molecule has 2 amide bonds. The topological polar surface area (TPSA) is 86.9 Å². The predicted octanol–water partition coefficient (Wildman–Crippen LogP) is -0.0185. The van der Waals surface area contributed by atoms with E-state index in [-0.39, 0.29) is 11.8 Å². The highest BCUT2D eigenvalue weighted by atomic mass is 16.2. The lowest BCUT2D eigenvalue weighted by Crippen LogP contribution is -2.62. The highest BCUT2D eigenvalue weighted by Crippen LogP contribution is 2.10. The number of aromatic amines is 1. The Balaban J connectivity index is 1.97. The average Bonchev–Trinajstić information content (AvgIpc) is 2.77. The van der Waals surface area contributed by atoms with E-state index in [1.54, 1.807) is 12.5 Å². The summed E-state index contributed by atoms with van der Waals surface area (Å²) in [5.41, 5.74) is 0.831. The van der Waals surface area contributed by atoms with Crippen LogP contribution in [0, 0.1) is 5.92 Å². The molecule has 18 heavy (non-hydrogen) atoms. The first-order valence-electron chi connectivity index (χ1n) is 6.14. The Labute approximate surface area is 106 Å². The second-order valence-electron chi connectivity index (χ2n) is 5.03. The highest BCUT2D eigenvalue weighted by molar-refractivity contribution is 5.97. The van der Waals surface area contributed by atoms with Crippen molar-refractivity contribution in [3.63, 3.8) is 0 Å². The van der Waals surface area contributed by atoms with Crippen LogP contribution in [0.25, 0.3) is 0 Å². The molecule has 0 unspecified atom stereocenters. The zero-order valence-corrected chi connectivity index (χ0v) is 10.6. The lowest BCUT2D eigenvalue weighted by atomic mass is 9.99. The molecule has 6 heteroatoms. The van der Waals surface area contributed by atoms with Crippen LogP contribution in [0.15, 0.2) is 12.5 Å². The maximum atomic E-state index is 11.9. The molecule has 1 aliphatic rings. The van der Waals surface area contributed by atoms with E-state index in [1.807, 2.05) is 13.8 Å². The molecule has 0 spiro atoms. The van der Waals surface area contributed by atoms with Gasteiger partial charge in [-0.15, -0.1) is 0 Å². The number of nitrogens with zero attached hydrogens (tertiary/aromatic N) is 1. The van der Waals surface area contributed by atoms with Crippen molar-refractivity contribution in [2.45, 2.75) is 38.8 Å². The van der Waals surface area contributed by atoms with Gasteiger partial charge in [-0.3, -0.25) is 9.59 Å². The first-order valence-corrected chi connectivity index (χ1v) is 6.14. The van der Waals surface area contributed by atoms with Crippen LogP contribution in [-0.4, -0.2) is 33.9 Å². The minimum atomic E-state index is -0.513. The molecule has 1 saturated heterocycles. The minimum absolute atomic E-state index is 0.104. The second kappa shape index (κ2) is 5.20. The fourth-order valence-corrected chi connectivity index (χ4v) is 2.07. The number of aromatic nitrogens is 2. The number of hydrogen-bond donors (Lipinski definition) is 3. The third-order valence-electron chi connectivity index (χ3n) is 2.95. The summed E-state index contributed by atoms with van der Waals surface area (Å²) >= 11 is 0. The third-order valence-corrected chi connectivity index (χ3v) is 2.95. The van der Waals surface area contributed by atoms with Gasteiger partial charge < -0.3 is 15.6 Å². The summed E-state index contributed by atoms with van der Waals surface area (Å²) in [6.07, 6.45) is 4.30. The fraction of sp³-hybridized carbons (Fsp3) is 0.583. The van der Waals surface area contributed by atoms with E-state index in [1.165, 1.54) is 0 Å². The number of carbonyl (C=O) groups is 2. The van der Waals surface area contributed by atoms with E-state index in [4.69, 9.17) is 0 Å². The molecule has 0 bridgehead atoms. The standard InChI is InChI=1S/C12H18N4O2/c1-7(2)3-9-11(17)16-10(12(18)15-9)4-8-5-13-6-14-8/h5-7,9-10H,3-4H2,1-2H3,(H,13,14)(H,15,18)(H,16,17)/t9-,10+/m1/s1. The number of rotatable bonds is 4. The van der Waals surface area contributed by atoms with Crippen LogP contribution in [-0.2, 0) is 16.0 Å². The smallest absolute Gasteiger partial charge is 0.243 e. The Bertz CT molecular complexity index is 427. The van der Waals surface area contributed by atoms with Gasteiger partial charge in [0.05, 0.1) is 6.33 Å². The van der Waals surface area contributed by atoms with Gasteiger partial charge in [0.2, 0.25) is 11.8 Å². The summed E-state index contributed by atoms with van der Waals surface area (Å²) in [4.78, 5) is 30.6. The van der Waals surface area contributed by atoms with E-state index < -0.39 is 12.1 Å². The van der Waals surface area contributed by atoms with E-state index >= 15 is 0 Å². The van der Waals surface area contributed by atoms with Gasteiger partial charge in [-0.1, -0.05) is 13.8 Å². The molecule has 3 N–H and O–H groups in total. The lowest BCUT2D eigenvalue weighted by Gasteiger charge is -2.30. The molecule has 1 aromatic heterocycles. The first-order chi connectivity index (χ1) is 8.56. The van der Waals surface area contributed by atoms with Gasteiger partial charge in [0, 0.05) is 18.3 Å². The van der Waals surface area contributed by atoms with Crippen LogP contribution in [0.2, 0.25) is 0 Å². The maximum absolute atomic E-state index is 11.9. The van der Waals surface area contributed by atoms with E-state index in [0.29, 0.717) is 18.8 Å². The van der Waals surface area contributed by atoms with Crippen LogP contribution in [0.3, 0.4) is 0 Å². The highest BCUT2D eigenvalue weighted by Gasteiger charge is 2.33. The molecule has 6 nitrogen and oxygen atoms in total. The van der Waals surface area contributed by atoms with Crippen LogP contribution in [0.5, 0.6) is 0 Å². The van der Waals surface area contributed by atoms with Crippen molar-refractivity contribution < 1.29 is 9.59 Å². The zero-order valence-electron chi connectivity index (χ0n) is 10.6. The zero-order chi connectivity index (χ0) is 13.1. The summed E-state index contributed by atoms with van der Waals surface area (Å²) in [5, 5.41) is 5.54. The molecule has 1 fully saturated rings. The molecule has 0 aliphatic carbocycles. The van der Waals surface area contributed by atoms with Crippen molar-refractivity contribution in [2.24, 2.45) is 5.92 Å². The summed E-state index contributed by atoms with van der Waals surface area (Å²) in [6, 6.07) is -0.920. The molecular weight excluding hydrogens is 232 g/mol. The van der Waals surface area contributed by atoms with Crippen LogP contribution in [0.4, 0.5) is 0 Å². The van der Waals surface area contributed by atoms with Crippen molar-refractivity contribution in [1.82, 2.24) is 20.6 Å². The number of amides is 2. The average molecular weight is 250 g/mol. The molecule has 2 heterocycles. The van der Waals surface area contributed by atoms with Crippen molar-refractivity contribution in [3.05, 3.63) is 18.2 Å². The number of hydrogen-bond acceptors (Lipinski definition) is 3. The molecule has 0 aromatic carbocycles. The van der Waals surface area contributed by atoms with Gasteiger partial charge in [0.25, 0.3) is 0 Å². The van der Waals surface area contributed by atoms with Gasteiger partial charge in [-0.2, -0.15) is 0 Å². The van der Waals surface area contributed by atoms with Crippen molar-refractivity contribution in [3.8, 4) is 0 Å². The lowest BCUT2D eigenvalue weighted by molar-refractivity contribution is -0.137. The Morgan fingerprint density at radius 1 is 1.22 bits per heavy atom. The van der Waals surface area contributed by atoms with Crippen molar-refractivity contribution in [1.29, 1.82) is 0 Å². The van der Waals surface area contributed by atoms with Crippen molar-refractivity contribution >= 4 is 11.8 Å². The van der Waals surface area contributed by atoms with Gasteiger partial charge in [-0.05, 0) is 12.3 Å². The molecular formula is C12H18N4O2. The molecule has 1 aromatic rings. The SMILES string of the molecule is CC(C)C[C@H]1NC(=O)[C@H](Cc2cnc[nH]2)NC1=O. The number of piperazine rings is 1. The van der Waals surface area contributed by atoms with Gasteiger partial charge >= 0.3 is 0 Å². The molecule has 1 aliphatic heterocycles. The largest absolute Gasteiger partial charge is 0.348 e. The molecule has 98 valence electrons. The number of H-pyrrole nitrogens is 1. The first kappa shape index (κ1) is 12.6. The fourth-order valence-electron chi connectivity index (χ4n) is 2.07. The molecule has 0 saturated carbocycles. The van der Waals surface area contributed by atoms with E-state index in [9.17, 15) is 9.59 Å². The van der Waals surface area contributed by atoms with E-state index in [2.05, 4.69) is 20.6 Å². The van der Waals surface area contributed by atoms with Gasteiger partial charge in [0.15, 0.2) is 0 Å². The van der Waals surface area contributed by atoms with E-state index in [0.717, 1.165) is 5.69 Å². The Morgan fingerprint density at radius 3 is 2.50 bits per heavy atom. The maximum Gasteiger partial charge on any atom is 0.243 e. The quantitative estimate of drug-likeness (QED) is 0.702. The van der Waals surface area contributed by atoms with Crippen LogP contribution in [0.1, 0.15) is 26.0 Å². The van der Waals surface area contributed by atoms with Crippen LogP contribution >= 0.6 is 0 Å². The Morgan fingerprint density at radius 2 is 1.89 bits per heavy atom. The number of imidazole rings is 1. The second-order valence-corrected chi connectivity index (χ2v) is 5.03. The third kappa shape index (κ3) is 2.88. The van der Waals surface area contributed by atoms with Gasteiger partial charge in [0.1, 0.15) is 12.1 Å². The minimum Gasteiger partial charge on any atom is -0.348 e. The molecule has 2 rings (SSSR count). The number of nitrogens with one attached hydrogen (secondary N) is 3. The predicted molar refractivity (Wildman–Crippen MR) is 65.6 cm³/mol. The van der Waals surface area contributed by atoms with Crippen LogP contribution < -0.4 is 10.6 Å². The normalized spacial score (nSPS) is 23.9. The van der Waals surface area contributed by atoms with Gasteiger partial charge in [-0.25, -0.2) is 4.98 Å². The monoisotopic (exact) mass is 250 g/mol. The summed E-state index contributed by atoms with van der Waals surface area (Å²) in [5.74, 6) is 0.132. The Kier molecular flexibility index (Phi) is 3.64. The summed E-state index contributed by atoms with van der Waals surface area (Å²) < 4.78 is 0. The Hall–Kier alpha value is -1.85. The summed E-state index contributed by atoms with van der Waals surface area (Å²) in [6.45, 7) is 4.05.